The van der Waals surface area contributed by atoms with Crippen molar-refractivity contribution in [1.29, 1.82) is 0 Å². The molecule has 1 aromatic carbocycles. The highest BCUT2D eigenvalue weighted by atomic mass is 31.2. The second kappa shape index (κ2) is 9.11. The monoisotopic (exact) mass is 313 g/mol. The highest BCUT2D eigenvalue weighted by molar-refractivity contribution is 7.53. The molecular weight excluding hydrogens is 289 g/mol. The van der Waals surface area contributed by atoms with E-state index >= 15 is 0 Å². The quantitative estimate of drug-likeness (QED) is 0.531. The smallest absolute Gasteiger partial charge is 0.311 e. The molecule has 0 aliphatic carbocycles. The lowest BCUT2D eigenvalue weighted by Gasteiger charge is -2.17. The van der Waals surface area contributed by atoms with E-state index in [-0.39, 0.29) is 12.2 Å². The number of hydrogen-bond donors (Lipinski definition) is 1. The minimum absolute atomic E-state index is 0.186. The Kier molecular flexibility index (Phi) is 7.83. The summed E-state index contributed by atoms with van der Waals surface area (Å²) in [4.78, 5) is 10.8. The number of rotatable bonds is 10. The van der Waals surface area contributed by atoms with Crippen LogP contribution in [-0.4, -0.2) is 32.6 Å². The van der Waals surface area contributed by atoms with E-state index in [2.05, 4.69) is 5.32 Å². The van der Waals surface area contributed by atoms with E-state index in [1.54, 1.807) is 20.9 Å². The molecule has 0 aliphatic rings. The van der Waals surface area contributed by atoms with Gasteiger partial charge >= 0.3 is 7.60 Å². The second-order valence-electron chi connectivity index (χ2n) is 4.66. The minimum Gasteiger partial charge on any atom is -0.311 e. The van der Waals surface area contributed by atoms with Crippen molar-refractivity contribution in [3.8, 4) is 0 Å². The molecule has 0 amide bonds. The summed E-state index contributed by atoms with van der Waals surface area (Å²) >= 11 is 0. The van der Waals surface area contributed by atoms with Crippen LogP contribution in [0.4, 0.5) is 0 Å². The van der Waals surface area contributed by atoms with Gasteiger partial charge in [-0.3, -0.25) is 4.57 Å². The zero-order chi connectivity index (χ0) is 15.7. The number of hydrogen-bond acceptors (Lipinski definition) is 5. The Morgan fingerprint density at radius 1 is 1.14 bits per heavy atom. The molecule has 0 aliphatic heterocycles. The first kappa shape index (κ1) is 18.1. The lowest BCUT2D eigenvalue weighted by molar-refractivity contribution is -0.109. The fourth-order valence-electron chi connectivity index (χ4n) is 2.00. The van der Waals surface area contributed by atoms with Gasteiger partial charge in [-0.05, 0) is 38.4 Å². The summed E-state index contributed by atoms with van der Waals surface area (Å²) in [6.45, 7) is 4.31. The molecule has 1 atom stereocenters. The predicted octanol–water partition coefficient (Wildman–Crippen LogP) is 2.78. The third-order valence-electron chi connectivity index (χ3n) is 3.04. The number of likely N-dealkylation sites (N-methyl/N-ethyl adjacent to an activating group) is 1. The maximum atomic E-state index is 12.4. The van der Waals surface area contributed by atoms with Gasteiger partial charge in [0.2, 0.25) is 0 Å². The lowest BCUT2D eigenvalue weighted by atomic mass is 10.1. The second-order valence-corrected chi connectivity index (χ2v) is 6.71. The van der Waals surface area contributed by atoms with Crippen molar-refractivity contribution in [2.24, 2.45) is 0 Å². The highest BCUT2D eigenvalue weighted by Gasteiger charge is 2.23. The molecule has 0 saturated heterocycles. The lowest BCUT2D eigenvalue weighted by Crippen LogP contribution is -2.28. The van der Waals surface area contributed by atoms with Crippen molar-refractivity contribution >= 4 is 13.9 Å². The molecule has 0 radical (unpaired) electrons. The van der Waals surface area contributed by atoms with Gasteiger partial charge in [-0.25, -0.2) is 0 Å². The van der Waals surface area contributed by atoms with Crippen LogP contribution in [0.5, 0.6) is 0 Å². The molecule has 0 bridgehead atoms. The maximum Gasteiger partial charge on any atom is 0.335 e. The minimum atomic E-state index is -3.06. The standard InChI is InChI=1S/C15H24NO4P/c1-4-19-21(18,20-5-2)12-14-8-6-13(7-9-14)10-15(11-17)16-3/h6-9,11,15-16H,4-5,10,12H2,1-3H3. The third-order valence-corrected chi connectivity index (χ3v) is 5.10. The van der Waals surface area contributed by atoms with Crippen LogP contribution in [0.1, 0.15) is 25.0 Å². The van der Waals surface area contributed by atoms with Crippen molar-refractivity contribution in [3.05, 3.63) is 35.4 Å². The first-order chi connectivity index (χ1) is 10.1. The highest BCUT2D eigenvalue weighted by Crippen LogP contribution is 2.51. The van der Waals surface area contributed by atoms with Crippen molar-refractivity contribution < 1.29 is 18.4 Å². The third kappa shape index (κ3) is 6.10. The van der Waals surface area contributed by atoms with Gasteiger partial charge in [0.1, 0.15) is 6.29 Å². The normalized spacial score (nSPS) is 13.1. The Labute approximate surface area is 126 Å². The van der Waals surface area contributed by atoms with E-state index in [0.29, 0.717) is 19.6 Å². The predicted molar refractivity (Wildman–Crippen MR) is 83.6 cm³/mol. The van der Waals surface area contributed by atoms with Crippen molar-refractivity contribution in [2.75, 3.05) is 20.3 Å². The first-order valence-corrected chi connectivity index (χ1v) is 8.88. The van der Waals surface area contributed by atoms with Crippen LogP contribution < -0.4 is 5.32 Å². The van der Waals surface area contributed by atoms with Gasteiger partial charge in [0.25, 0.3) is 0 Å². The molecule has 118 valence electrons. The molecule has 0 spiro atoms. The number of aldehydes is 1. The van der Waals surface area contributed by atoms with Crippen molar-refractivity contribution in [1.82, 2.24) is 5.32 Å². The van der Waals surface area contributed by atoms with E-state index < -0.39 is 7.60 Å². The Bertz CT molecular complexity index is 465. The Morgan fingerprint density at radius 2 is 1.67 bits per heavy atom. The molecule has 1 N–H and O–H groups in total. The molecule has 0 heterocycles. The largest absolute Gasteiger partial charge is 0.335 e. The zero-order valence-electron chi connectivity index (χ0n) is 12.9. The number of carbonyl (C=O) groups excluding carboxylic acids is 1. The first-order valence-electron chi connectivity index (χ1n) is 7.15. The summed E-state index contributed by atoms with van der Waals surface area (Å²) in [5.74, 6) is 0. The van der Waals surface area contributed by atoms with Crippen LogP contribution in [0.15, 0.2) is 24.3 Å². The summed E-state index contributed by atoms with van der Waals surface area (Å²) in [6, 6.07) is 7.49. The average Bonchev–Trinajstić information content (AvgIpc) is 2.47. The summed E-state index contributed by atoms with van der Waals surface area (Å²) in [7, 11) is -1.31. The summed E-state index contributed by atoms with van der Waals surface area (Å²) in [5.41, 5.74) is 1.95. The van der Waals surface area contributed by atoms with Gasteiger partial charge in [-0.2, -0.15) is 0 Å². The average molecular weight is 313 g/mol. The molecule has 0 fully saturated rings. The maximum absolute atomic E-state index is 12.4. The molecule has 6 heteroatoms. The van der Waals surface area contributed by atoms with Crippen LogP contribution in [-0.2, 0) is 31.0 Å². The van der Waals surface area contributed by atoms with Crippen LogP contribution in [0.2, 0.25) is 0 Å². The fourth-order valence-corrected chi connectivity index (χ4v) is 3.70. The Morgan fingerprint density at radius 3 is 2.10 bits per heavy atom. The molecular formula is C15H24NO4P. The van der Waals surface area contributed by atoms with Gasteiger partial charge in [-0.15, -0.1) is 0 Å². The molecule has 1 unspecified atom stereocenters. The Balaban J connectivity index is 2.73. The Hall–Kier alpha value is -1.00. The van der Waals surface area contributed by atoms with Gasteiger partial charge in [0.05, 0.1) is 25.4 Å². The summed E-state index contributed by atoms with van der Waals surface area (Å²) in [5, 5.41) is 2.93. The summed E-state index contributed by atoms with van der Waals surface area (Å²) < 4.78 is 23.0. The molecule has 5 nitrogen and oxygen atoms in total. The van der Waals surface area contributed by atoms with Crippen LogP contribution in [0, 0.1) is 0 Å². The van der Waals surface area contributed by atoms with Crippen molar-refractivity contribution in [3.63, 3.8) is 0 Å². The van der Waals surface area contributed by atoms with E-state index in [9.17, 15) is 9.36 Å². The van der Waals surface area contributed by atoms with Crippen molar-refractivity contribution in [2.45, 2.75) is 32.5 Å². The SMILES string of the molecule is CCOP(=O)(Cc1ccc(CC(C=O)NC)cc1)OCC. The van der Waals surface area contributed by atoms with Gasteiger partial charge in [-0.1, -0.05) is 24.3 Å². The van der Waals surface area contributed by atoms with Crippen LogP contribution in [0.3, 0.4) is 0 Å². The van der Waals surface area contributed by atoms with Gasteiger partial charge in [0, 0.05) is 0 Å². The van der Waals surface area contributed by atoms with E-state index in [1.165, 1.54) is 0 Å². The number of benzene rings is 1. The fraction of sp³-hybridized carbons (Fsp3) is 0.533. The molecule has 21 heavy (non-hydrogen) atoms. The van der Waals surface area contributed by atoms with Crippen LogP contribution in [0.25, 0.3) is 0 Å². The topological polar surface area (TPSA) is 64.6 Å². The van der Waals surface area contributed by atoms with Crippen LogP contribution >= 0.6 is 7.60 Å². The summed E-state index contributed by atoms with van der Waals surface area (Å²) in [6.07, 6.45) is 1.79. The number of carbonyl (C=O) groups is 1. The number of nitrogens with one attached hydrogen (secondary N) is 1. The van der Waals surface area contributed by atoms with E-state index in [4.69, 9.17) is 9.05 Å². The molecule has 1 aromatic rings. The molecule has 1 rings (SSSR count). The zero-order valence-corrected chi connectivity index (χ0v) is 13.8. The van der Waals surface area contributed by atoms with Gasteiger partial charge in [0.15, 0.2) is 0 Å². The van der Waals surface area contributed by atoms with E-state index in [1.807, 2.05) is 24.3 Å². The molecule has 0 aromatic heterocycles. The molecule has 0 saturated carbocycles. The van der Waals surface area contributed by atoms with Gasteiger partial charge < -0.3 is 19.2 Å². The van der Waals surface area contributed by atoms with E-state index in [0.717, 1.165) is 17.4 Å².